The van der Waals surface area contributed by atoms with Gasteiger partial charge in [-0.25, -0.2) is 0 Å². The molecule has 1 aliphatic rings. The van der Waals surface area contributed by atoms with Crippen LogP contribution in [0.3, 0.4) is 0 Å². The van der Waals surface area contributed by atoms with E-state index in [1.807, 2.05) is 0 Å². The maximum Gasteiger partial charge on any atom is 0.173 e. The van der Waals surface area contributed by atoms with Gasteiger partial charge in [0, 0.05) is 6.61 Å². The van der Waals surface area contributed by atoms with Crippen LogP contribution in [0.4, 0.5) is 0 Å². The Morgan fingerprint density at radius 1 is 1.05 bits per heavy atom. The van der Waals surface area contributed by atoms with E-state index in [1.165, 1.54) is 24.9 Å². The molecule has 1 aliphatic heterocycles. The molecule has 0 saturated carbocycles. The molecule has 1 atom stereocenters. The molecule has 0 aromatic rings. The highest BCUT2D eigenvalue weighted by atomic mass is 28.4. The SMILES string of the molecule is CCCC[Si](C)(C)O[Si](C)(C)CCCOCC1CO1. The van der Waals surface area contributed by atoms with Gasteiger partial charge in [-0.3, -0.25) is 0 Å². The molecule has 1 rings (SSSR count). The average Bonchev–Trinajstić information content (AvgIpc) is 3.08. The third-order valence-electron chi connectivity index (χ3n) is 3.46. The summed E-state index contributed by atoms with van der Waals surface area (Å²) in [5.41, 5.74) is 0. The normalized spacial score (nSPS) is 19.7. The van der Waals surface area contributed by atoms with Crippen molar-refractivity contribution < 1.29 is 13.6 Å². The molecular formula is C14H32O3Si2. The second-order valence-corrected chi connectivity index (χ2v) is 15.7. The van der Waals surface area contributed by atoms with Gasteiger partial charge in [0.25, 0.3) is 0 Å². The van der Waals surface area contributed by atoms with Crippen molar-refractivity contribution in [2.75, 3.05) is 19.8 Å². The van der Waals surface area contributed by atoms with Gasteiger partial charge in [0.05, 0.1) is 13.2 Å². The van der Waals surface area contributed by atoms with Crippen molar-refractivity contribution in [1.82, 2.24) is 0 Å². The predicted molar refractivity (Wildman–Crippen MR) is 85.7 cm³/mol. The molecule has 1 fully saturated rings. The first-order valence-corrected chi connectivity index (χ1v) is 14.0. The molecule has 0 radical (unpaired) electrons. The zero-order valence-corrected chi connectivity index (χ0v) is 15.5. The Morgan fingerprint density at radius 2 is 1.63 bits per heavy atom. The second kappa shape index (κ2) is 7.93. The van der Waals surface area contributed by atoms with Crippen molar-refractivity contribution in [2.24, 2.45) is 0 Å². The summed E-state index contributed by atoms with van der Waals surface area (Å²) >= 11 is 0. The van der Waals surface area contributed by atoms with Gasteiger partial charge in [0.2, 0.25) is 0 Å². The van der Waals surface area contributed by atoms with Gasteiger partial charge in [-0.05, 0) is 44.7 Å². The molecule has 0 aliphatic carbocycles. The summed E-state index contributed by atoms with van der Waals surface area (Å²) in [5, 5.41) is 0. The van der Waals surface area contributed by atoms with Gasteiger partial charge in [-0.2, -0.15) is 0 Å². The molecule has 5 heteroatoms. The summed E-state index contributed by atoms with van der Waals surface area (Å²) < 4.78 is 17.3. The van der Waals surface area contributed by atoms with Gasteiger partial charge in [-0.1, -0.05) is 19.8 Å². The minimum absolute atomic E-state index is 0.391. The van der Waals surface area contributed by atoms with E-state index < -0.39 is 16.6 Å². The molecule has 1 unspecified atom stereocenters. The number of ether oxygens (including phenoxy) is 2. The largest absolute Gasteiger partial charge is 0.455 e. The first-order valence-electron chi connectivity index (χ1n) is 7.74. The van der Waals surface area contributed by atoms with Crippen LogP contribution < -0.4 is 0 Å². The maximum absolute atomic E-state index is 6.56. The van der Waals surface area contributed by atoms with Crippen LogP contribution in [0.25, 0.3) is 0 Å². The number of epoxide rings is 1. The first kappa shape index (κ1) is 17.4. The van der Waals surface area contributed by atoms with E-state index in [2.05, 4.69) is 33.1 Å². The number of unbranched alkanes of at least 4 members (excludes halogenated alkanes) is 1. The van der Waals surface area contributed by atoms with Crippen molar-refractivity contribution in [3.05, 3.63) is 0 Å². The van der Waals surface area contributed by atoms with E-state index in [1.54, 1.807) is 0 Å². The van der Waals surface area contributed by atoms with E-state index in [4.69, 9.17) is 13.6 Å². The molecule has 0 aromatic carbocycles. The molecule has 0 bridgehead atoms. The van der Waals surface area contributed by atoms with Crippen molar-refractivity contribution in [3.8, 4) is 0 Å². The minimum atomic E-state index is -1.50. The Balaban J connectivity index is 2.13. The Labute approximate surface area is 121 Å². The average molecular weight is 305 g/mol. The number of rotatable bonds is 11. The lowest BCUT2D eigenvalue weighted by atomic mass is 10.4. The van der Waals surface area contributed by atoms with E-state index in [-0.39, 0.29) is 0 Å². The lowest BCUT2D eigenvalue weighted by Gasteiger charge is -2.34. The lowest BCUT2D eigenvalue weighted by Crippen LogP contribution is -2.44. The van der Waals surface area contributed by atoms with E-state index >= 15 is 0 Å². The fourth-order valence-corrected chi connectivity index (χ4v) is 11.4. The fourth-order valence-electron chi connectivity index (χ4n) is 2.43. The van der Waals surface area contributed by atoms with E-state index in [0.29, 0.717) is 6.10 Å². The molecule has 0 aromatic heterocycles. The van der Waals surface area contributed by atoms with Crippen LogP contribution in [0.5, 0.6) is 0 Å². The highest BCUT2D eigenvalue weighted by Crippen LogP contribution is 2.24. The molecule has 1 saturated heterocycles. The monoisotopic (exact) mass is 304 g/mol. The van der Waals surface area contributed by atoms with Gasteiger partial charge < -0.3 is 13.6 Å². The molecule has 0 amide bonds. The van der Waals surface area contributed by atoms with Crippen LogP contribution in [0.2, 0.25) is 38.3 Å². The van der Waals surface area contributed by atoms with Crippen molar-refractivity contribution >= 4 is 16.6 Å². The molecule has 0 N–H and O–H groups in total. The first-order chi connectivity index (χ1) is 8.85. The van der Waals surface area contributed by atoms with Crippen LogP contribution in [0.15, 0.2) is 0 Å². The standard InChI is InChI=1S/C14H32O3Si2/c1-6-7-10-18(2,3)17-19(4,5)11-8-9-15-12-14-13-16-14/h14H,6-13H2,1-5H3. The Kier molecular flexibility index (Phi) is 7.25. The predicted octanol–water partition coefficient (Wildman–Crippen LogP) is 4.02. The molecular weight excluding hydrogens is 272 g/mol. The highest BCUT2D eigenvalue weighted by molar-refractivity contribution is 6.84. The van der Waals surface area contributed by atoms with Gasteiger partial charge >= 0.3 is 0 Å². The summed E-state index contributed by atoms with van der Waals surface area (Å²) in [4.78, 5) is 0. The highest BCUT2D eigenvalue weighted by Gasteiger charge is 2.32. The molecule has 19 heavy (non-hydrogen) atoms. The Hall–Kier alpha value is 0.314. The van der Waals surface area contributed by atoms with Crippen LogP contribution in [-0.2, 0) is 13.6 Å². The third-order valence-corrected chi connectivity index (χ3v) is 11.0. The quantitative estimate of drug-likeness (QED) is 0.328. The zero-order valence-electron chi connectivity index (χ0n) is 13.5. The summed E-state index contributed by atoms with van der Waals surface area (Å²) in [5.74, 6) is 0. The van der Waals surface area contributed by atoms with Crippen molar-refractivity contribution in [3.63, 3.8) is 0 Å². The summed E-state index contributed by atoms with van der Waals surface area (Å²) in [6.45, 7) is 14.2. The molecule has 1 heterocycles. The summed E-state index contributed by atoms with van der Waals surface area (Å²) in [7, 11) is -2.93. The van der Waals surface area contributed by atoms with Crippen LogP contribution in [-0.4, -0.2) is 42.6 Å². The zero-order chi connectivity index (χ0) is 14.4. The molecule has 3 nitrogen and oxygen atoms in total. The van der Waals surface area contributed by atoms with Crippen LogP contribution in [0.1, 0.15) is 26.2 Å². The number of hydrogen-bond donors (Lipinski definition) is 0. The molecule has 114 valence electrons. The third kappa shape index (κ3) is 8.97. The van der Waals surface area contributed by atoms with Crippen LogP contribution >= 0.6 is 0 Å². The maximum atomic E-state index is 6.56. The minimum Gasteiger partial charge on any atom is -0.455 e. The van der Waals surface area contributed by atoms with Crippen molar-refractivity contribution in [2.45, 2.75) is 70.6 Å². The lowest BCUT2D eigenvalue weighted by molar-refractivity contribution is 0.116. The van der Waals surface area contributed by atoms with Gasteiger partial charge in [0.1, 0.15) is 6.10 Å². The Morgan fingerprint density at radius 3 is 2.16 bits per heavy atom. The van der Waals surface area contributed by atoms with Crippen molar-refractivity contribution in [1.29, 1.82) is 0 Å². The smallest absolute Gasteiger partial charge is 0.173 e. The summed E-state index contributed by atoms with van der Waals surface area (Å²) in [6, 6.07) is 2.51. The molecule has 0 spiro atoms. The van der Waals surface area contributed by atoms with E-state index in [0.717, 1.165) is 26.2 Å². The number of hydrogen-bond acceptors (Lipinski definition) is 3. The topological polar surface area (TPSA) is 31.0 Å². The fraction of sp³-hybridized carbons (Fsp3) is 1.00. The van der Waals surface area contributed by atoms with E-state index in [9.17, 15) is 0 Å². The van der Waals surface area contributed by atoms with Gasteiger partial charge in [0.15, 0.2) is 16.6 Å². The van der Waals surface area contributed by atoms with Gasteiger partial charge in [-0.15, -0.1) is 0 Å². The summed E-state index contributed by atoms with van der Waals surface area (Å²) in [6.07, 6.45) is 4.11. The van der Waals surface area contributed by atoms with Crippen LogP contribution in [0, 0.1) is 0 Å². The second-order valence-electron chi connectivity index (χ2n) is 6.86. The Bertz CT molecular complexity index is 253.